The highest BCUT2D eigenvalue weighted by atomic mass is 79.9. The van der Waals surface area contributed by atoms with Crippen LogP contribution in [0, 0.1) is 0 Å². The fourth-order valence-electron chi connectivity index (χ4n) is 2.70. The summed E-state index contributed by atoms with van der Waals surface area (Å²) in [6.07, 6.45) is 3.45. The van der Waals surface area contributed by atoms with Crippen LogP contribution in [0.4, 0.5) is 0 Å². The molecule has 0 radical (unpaired) electrons. The van der Waals surface area contributed by atoms with Crippen molar-refractivity contribution in [3.8, 4) is 0 Å². The van der Waals surface area contributed by atoms with Gasteiger partial charge in [-0.15, -0.1) is 11.3 Å². The molecule has 1 N–H and O–H groups in total. The number of piperidine rings is 1. The topological polar surface area (TPSA) is 46.1 Å². The Kier molecular flexibility index (Phi) is 9.09. The van der Waals surface area contributed by atoms with Crippen molar-refractivity contribution in [1.82, 2.24) is 10.2 Å². The standard InChI is InChI=1S/C17H28BrN3O2S/c1-3-19-17(20-12-16-11-14(18)13-24-16)21-7-5-15(6-8-21)23-10-4-9-22-2/h11,13,15H,3-10,12H2,1-2H3,(H,19,20). The maximum Gasteiger partial charge on any atom is 0.194 e. The van der Waals surface area contributed by atoms with E-state index in [1.807, 2.05) is 0 Å². The zero-order valence-electron chi connectivity index (χ0n) is 14.6. The molecule has 1 fully saturated rings. The molecular weight excluding hydrogens is 390 g/mol. The van der Waals surface area contributed by atoms with Crippen LogP contribution < -0.4 is 5.32 Å². The number of likely N-dealkylation sites (tertiary alicyclic amines) is 1. The summed E-state index contributed by atoms with van der Waals surface area (Å²) < 4.78 is 12.1. The molecule has 136 valence electrons. The molecule has 0 aliphatic carbocycles. The van der Waals surface area contributed by atoms with Crippen LogP contribution in [-0.2, 0) is 16.0 Å². The lowest BCUT2D eigenvalue weighted by atomic mass is 10.1. The van der Waals surface area contributed by atoms with E-state index < -0.39 is 0 Å². The molecule has 24 heavy (non-hydrogen) atoms. The van der Waals surface area contributed by atoms with Crippen LogP contribution in [0.3, 0.4) is 0 Å². The highest BCUT2D eigenvalue weighted by Crippen LogP contribution is 2.21. The minimum Gasteiger partial charge on any atom is -0.385 e. The van der Waals surface area contributed by atoms with Crippen molar-refractivity contribution in [3.63, 3.8) is 0 Å². The van der Waals surface area contributed by atoms with Crippen LogP contribution in [0.25, 0.3) is 0 Å². The number of hydrogen-bond donors (Lipinski definition) is 1. The van der Waals surface area contributed by atoms with Crippen molar-refractivity contribution in [2.75, 3.05) is 40.0 Å². The van der Waals surface area contributed by atoms with Gasteiger partial charge in [0.1, 0.15) is 0 Å². The van der Waals surface area contributed by atoms with Gasteiger partial charge in [-0.2, -0.15) is 0 Å². The lowest BCUT2D eigenvalue weighted by Gasteiger charge is -2.34. The van der Waals surface area contributed by atoms with Gasteiger partial charge >= 0.3 is 0 Å². The summed E-state index contributed by atoms with van der Waals surface area (Å²) in [6.45, 7) is 7.29. The van der Waals surface area contributed by atoms with E-state index in [0.29, 0.717) is 6.10 Å². The summed E-state index contributed by atoms with van der Waals surface area (Å²) in [4.78, 5) is 8.42. The average Bonchev–Trinajstić information content (AvgIpc) is 3.01. The highest BCUT2D eigenvalue weighted by molar-refractivity contribution is 9.10. The van der Waals surface area contributed by atoms with E-state index >= 15 is 0 Å². The van der Waals surface area contributed by atoms with E-state index in [1.54, 1.807) is 18.4 Å². The molecule has 0 spiro atoms. The highest BCUT2D eigenvalue weighted by Gasteiger charge is 2.21. The third kappa shape index (κ3) is 6.70. The molecule has 5 nitrogen and oxygen atoms in total. The van der Waals surface area contributed by atoms with E-state index in [2.05, 4.69) is 44.5 Å². The number of ether oxygens (including phenoxy) is 2. The second-order valence-corrected chi connectivity index (χ2v) is 7.72. The first kappa shape index (κ1) is 19.7. The number of thiophene rings is 1. The molecule has 0 saturated carbocycles. The number of nitrogens with zero attached hydrogens (tertiary/aromatic N) is 2. The van der Waals surface area contributed by atoms with Gasteiger partial charge in [0.25, 0.3) is 0 Å². The normalized spacial score (nSPS) is 16.6. The first-order valence-corrected chi connectivity index (χ1v) is 10.3. The van der Waals surface area contributed by atoms with E-state index in [4.69, 9.17) is 14.5 Å². The molecule has 1 saturated heterocycles. The van der Waals surface area contributed by atoms with Gasteiger partial charge < -0.3 is 19.7 Å². The van der Waals surface area contributed by atoms with Crippen molar-refractivity contribution in [1.29, 1.82) is 0 Å². The molecule has 1 aromatic rings. The van der Waals surface area contributed by atoms with Crippen LogP contribution in [-0.4, -0.2) is 56.9 Å². The molecule has 1 aliphatic rings. The summed E-state index contributed by atoms with van der Waals surface area (Å²) in [5, 5.41) is 5.52. The van der Waals surface area contributed by atoms with Crippen molar-refractivity contribution in [2.45, 2.75) is 38.8 Å². The molecule has 2 heterocycles. The van der Waals surface area contributed by atoms with E-state index in [0.717, 1.165) is 69.1 Å². The van der Waals surface area contributed by atoms with Crippen molar-refractivity contribution < 1.29 is 9.47 Å². The maximum atomic E-state index is 5.93. The Bertz CT molecular complexity index is 502. The second-order valence-electron chi connectivity index (χ2n) is 5.80. The quantitative estimate of drug-likeness (QED) is 0.399. The third-order valence-electron chi connectivity index (χ3n) is 3.93. The molecule has 7 heteroatoms. The largest absolute Gasteiger partial charge is 0.385 e. The summed E-state index contributed by atoms with van der Waals surface area (Å²) in [5.74, 6) is 1.01. The fraction of sp³-hybridized carbons (Fsp3) is 0.706. The molecule has 0 atom stereocenters. The second kappa shape index (κ2) is 11.1. The van der Waals surface area contributed by atoms with Crippen LogP contribution >= 0.6 is 27.3 Å². The average molecular weight is 418 g/mol. The Labute approximate surface area is 157 Å². The monoisotopic (exact) mass is 417 g/mol. The van der Waals surface area contributed by atoms with Crippen molar-refractivity contribution in [3.05, 3.63) is 20.8 Å². The molecular formula is C17H28BrN3O2S. The zero-order chi connectivity index (χ0) is 17.2. The number of aliphatic imine (C=N–C) groups is 1. The predicted octanol–water partition coefficient (Wildman–Crippen LogP) is 3.49. The minimum atomic E-state index is 0.370. The first-order valence-electron chi connectivity index (χ1n) is 8.59. The minimum absolute atomic E-state index is 0.370. The molecule has 0 aromatic carbocycles. The lowest BCUT2D eigenvalue weighted by Crippen LogP contribution is -2.47. The van der Waals surface area contributed by atoms with Gasteiger partial charge in [0.05, 0.1) is 12.6 Å². The van der Waals surface area contributed by atoms with E-state index in [-0.39, 0.29) is 0 Å². The van der Waals surface area contributed by atoms with Crippen molar-refractivity contribution >= 4 is 33.2 Å². The molecule has 0 amide bonds. The van der Waals surface area contributed by atoms with Gasteiger partial charge in [-0.3, -0.25) is 0 Å². The van der Waals surface area contributed by atoms with Crippen molar-refractivity contribution in [2.24, 2.45) is 4.99 Å². The Hall–Kier alpha value is -0.630. The number of hydrogen-bond acceptors (Lipinski definition) is 4. The number of methoxy groups -OCH3 is 1. The first-order chi connectivity index (χ1) is 11.7. The Morgan fingerprint density at radius 2 is 2.21 bits per heavy atom. The van der Waals surface area contributed by atoms with Gasteiger partial charge in [-0.05, 0) is 48.2 Å². The molecule has 2 rings (SSSR count). The molecule has 0 unspecified atom stereocenters. The van der Waals surface area contributed by atoms with Gasteiger partial charge in [-0.1, -0.05) is 0 Å². The predicted molar refractivity (Wildman–Crippen MR) is 104 cm³/mol. The number of rotatable bonds is 8. The van der Waals surface area contributed by atoms with Crippen LogP contribution in [0.1, 0.15) is 31.1 Å². The van der Waals surface area contributed by atoms with Crippen LogP contribution in [0.15, 0.2) is 20.9 Å². The maximum absolute atomic E-state index is 5.93. The Morgan fingerprint density at radius 3 is 2.83 bits per heavy atom. The van der Waals surface area contributed by atoms with Gasteiger partial charge in [0.15, 0.2) is 5.96 Å². The van der Waals surface area contributed by atoms with E-state index in [1.165, 1.54) is 4.88 Å². The van der Waals surface area contributed by atoms with Crippen LogP contribution in [0.2, 0.25) is 0 Å². The van der Waals surface area contributed by atoms with Gasteiger partial charge in [0.2, 0.25) is 0 Å². The molecule has 0 bridgehead atoms. The summed E-state index contributed by atoms with van der Waals surface area (Å²) in [5.41, 5.74) is 0. The number of nitrogens with one attached hydrogen (secondary N) is 1. The van der Waals surface area contributed by atoms with Gasteiger partial charge in [0, 0.05) is 54.7 Å². The fourth-order valence-corrected chi connectivity index (χ4v) is 4.08. The summed E-state index contributed by atoms with van der Waals surface area (Å²) in [7, 11) is 1.73. The summed E-state index contributed by atoms with van der Waals surface area (Å²) in [6, 6.07) is 2.14. The van der Waals surface area contributed by atoms with Gasteiger partial charge in [-0.25, -0.2) is 4.99 Å². The third-order valence-corrected chi connectivity index (χ3v) is 5.61. The molecule has 1 aliphatic heterocycles. The summed E-state index contributed by atoms with van der Waals surface area (Å²) >= 11 is 5.24. The Morgan fingerprint density at radius 1 is 1.42 bits per heavy atom. The van der Waals surface area contributed by atoms with E-state index in [9.17, 15) is 0 Å². The molecule has 1 aromatic heterocycles. The zero-order valence-corrected chi connectivity index (χ0v) is 17.0. The SMILES string of the molecule is CCNC(=NCc1cc(Br)cs1)N1CCC(OCCCOC)CC1. The number of guanidine groups is 1. The Balaban J connectivity index is 1.79. The van der Waals surface area contributed by atoms with Crippen LogP contribution in [0.5, 0.6) is 0 Å². The number of halogens is 1. The lowest BCUT2D eigenvalue weighted by molar-refractivity contribution is 0.00990. The smallest absolute Gasteiger partial charge is 0.194 e.